The number of ether oxygens (including phenoxy) is 2. The van der Waals surface area contributed by atoms with E-state index in [4.69, 9.17) is 14.7 Å². The molecule has 0 radical (unpaired) electrons. The highest BCUT2D eigenvalue weighted by atomic mass is 19.1. The molecule has 4 rings (SSSR count). The quantitative estimate of drug-likeness (QED) is 0.304. The highest BCUT2D eigenvalue weighted by molar-refractivity contribution is 5.82. The minimum Gasteiger partial charge on any atom is -0.493 e. The number of methoxy groups -OCH3 is 1. The lowest BCUT2D eigenvalue weighted by Gasteiger charge is -2.39. The lowest BCUT2D eigenvalue weighted by atomic mass is 9.92. The zero-order valence-corrected chi connectivity index (χ0v) is 21.3. The Hall–Kier alpha value is -2.76. The number of benzene rings is 1. The molecule has 37 heavy (non-hydrogen) atoms. The highest BCUT2D eigenvalue weighted by Crippen LogP contribution is 2.25. The minimum atomic E-state index is -0.770. The van der Waals surface area contributed by atoms with Gasteiger partial charge in [0.2, 0.25) is 5.91 Å². The fraction of sp³-hybridized carbons (Fsp3) is 0.615. The maximum Gasteiger partial charge on any atom is 0.227 e. The molecule has 1 amide bonds. The van der Waals surface area contributed by atoms with Crippen LogP contribution in [-0.2, 0) is 16.0 Å². The molecule has 3 aliphatic rings. The summed E-state index contributed by atoms with van der Waals surface area (Å²) < 4.78 is 39.9. The van der Waals surface area contributed by atoms with E-state index < -0.39 is 11.6 Å². The van der Waals surface area contributed by atoms with Gasteiger partial charge in [-0.3, -0.25) is 4.79 Å². The van der Waals surface area contributed by atoms with Gasteiger partial charge in [-0.05, 0) is 37.2 Å². The molecule has 9 nitrogen and oxygen atoms in total. The van der Waals surface area contributed by atoms with Crippen molar-refractivity contribution >= 4 is 11.9 Å². The molecule has 1 aromatic rings. The van der Waals surface area contributed by atoms with Gasteiger partial charge in [0.15, 0.2) is 5.96 Å². The van der Waals surface area contributed by atoms with Gasteiger partial charge in [0, 0.05) is 69.6 Å². The van der Waals surface area contributed by atoms with E-state index in [0.717, 1.165) is 62.4 Å². The summed E-state index contributed by atoms with van der Waals surface area (Å²) in [5.41, 5.74) is 2.96. The number of amides is 1. The third-order valence-corrected chi connectivity index (χ3v) is 7.24. The summed E-state index contributed by atoms with van der Waals surface area (Å²) >= 11 is 0. The number of nitrogens with one attached hydrogen (secondary N) is 2. The second kappa shape index (κ2) is 13.2. The molecule has 2 fully saturated rings. The smallest absolute Gasteiger partial charge is 0.227 e. The Labute approximate surface area is 216 Å². The molecule has 0 spiro atoms. The van der Waals surface area contributed by atoms with Crippen molar-refractivity contribution in [2.24, 2.45) is 16.8 Å². The standard InChI is InChI=1S/C26H37F2N5O4/c1-36-17-19-12-29-26(30-13-19)32-6-4-18(5-7-32)3-2-8-37-21-9-23(27)22(24(28)10-21)11-25(34)33-15-20(16-33)14-31-35/h9-10,12,18,20,31,35H,2-8,11,13-17H2,1H3,(H,29,30). The van der Waals surface area contributed by atoms with Crippen LogP contribution in [0.15, 0.2) is 28.9 Å². The minimum absolute atomic E-state index is 0.140. The number of rotatable bonds is 11. The van der Waals surface area contributed by atoms with Crippen molar-refractivity contribution in [2.45, 2.75) is 32.1 Å². The molecule has 0 aromatic heterocycles. The Morgan fingerprint density at radius 1 is 1.22 bits per heavy atom. The fourth-order valence-corrected chi connectivity index (χ4v) is 5.02. The third kappa shape index (κ3) is 7.39. The topological polar surface area (TPSA) is 98.7 Å². The van der Waals surface area contributed by atoms with Gasteiger partial charge in [-0.1, -0.05) is 0 Å². The van der Waals surface area contributed by atoms with Crippen LogP contribution in [0, 0.1) is 23.5 Å². The highest BCUT2D eigenvalue weighted by Gasteiger charge is 2.31. The van der Waals surface area contributed by atoms with Gasteiger partial charge in [-0.2, -0.15) is 0 Å². The first kappa shape index (κ1) is 27.3. The molecule has 3 heterocycles. The van der Waals surface area contributed by atoms with Crippen LogP contribution in [0.1, 0.15) is 31.2 Å². The number of nitrogens with zero attached hydrogens (tertiary/aromatic N) is 3. The number of aliphatic imine (C=N–C) groups is 1. The molecule has 0 saturated carbocycles. The molecular weight excluding hydrogens is 484 g/mol. The van der Waals surface area contributed by atoms with E-state index in [9.17, 15) is 13.6 Å². The van der Waals surface area contributed by atoms with Crippen LogP contribution in [0.4, 0.5) is 8.78 Å². The van der Waals surface area contributed by atoms with Crippen molar-refractivity contribution in [3.8, 4) is 5.75 Å². The van der Waals surface area contributed by atoms with Gasteiger partial charge >= 0.3 is 0 Å². The van der Waals surface area contributed by atoms with E-state index >= 15 is 0 Å². The summed E-state index contributed by atoms with van der Waals surface area (Å²) in [5, 5.41) is 12.0. The second-order valence-corrected chi connectivity index (χ2v) is 10.0. The van der Waals surface area contributed by atoms with Gasteiger partial charge in [0.05, 0.1) is 26.2 Å². The van der Waals surface area contributed by atoms with Crippen molar-refractivity contribution < 1.29 is 28.3 Å². The third-order valence-electron chi connectivity index (χ3n) is 7.24. The number of halogens is 2. The number of carbonyl (C=O) groups is 1. The molecule has 0 atom stereocenters. The van der Waals surface area contributed by atoms with Gasteiger partial charge in [-0.15, -0.1) is 0 Å². The maximum absolute atomic E-state index is 14.5. The average Bonchev–Trinajstić information content (AvgIpc) is 2.87. The summed E-state index contributed by atoms with van der Waals surface area (Å²) in [6.45, 7) is 4.83. The Bertz CT molecular complexity index is 968. The molecule has 0 aliphatic carbocycles. The molecule has 0 bridgehead atoms. The van der Waals surface area contributed by atoms with Gasteiger partial charge < -0.3 is 29.8 Å². The van der Waals surface area contributed by atoms with Crippen molar-refractivity contribution in [2.75, 3.05) is 59.6 Å². The monoisotopic (exact) mass is 521 g/mol. The Morgan fingerprint density at radius 3 is 2.57 bits per heavy atom. The number of carbonyl (C=O) groups excluding carboxylic acids is 1. The Kier molecular flexibility index (Phi) is 9.70. The van der Waals surface area contributed by atoms with Crippen LogP contribution in [0.2, 0.25) is 0 Å². The van der Waals surface area contributed by atoms with Gasteiger partial charge in [0.25, 0.3) is 0 Å². The van der Waals surface area contributed by atoms with Crippen LogP contribution >= 0.6 is 0 Å². The number of piperidine rings is 1. The Balaban J connectivity index is 1.14. The number of likely N-dealkylation sites (tertiary alicyclic amines) is 2. The van der Waals surface area contributed by atoms with Crippen LogP contribution < -0.4 is 15.5 Å². The van der Waals surface area contributed by atoms with Crippen LogP contribution in [0.5, 0.6) is 5.75 Å². The van der Waals surface area contributed by atoms with Gasteiger partial charge in [0.1, 0.15) is 17.4 Å². The first-order valence-electron chi connectivity index (χ1n) is 12.9. The first-order chi connectivity index (χ1) is 18.0. The van der Waals surface area contributed by atoms with E-state index in [2.05, 4.69) is 20.7 Å². The van der Waals surface area contributed by atoms with Crippen molar-refractivity contribution in [1.82, 2.24) is 20.6 Å². The van der Waals surface area contributed by atoms with E-state index in [-0.39, 0.29) is 29.6 Å². The SMILES string of the molecule is COCC1=CNC(N2CCC(CCCOc3cc(F)c(CC(=O)N4CC(CNO)C4)c(F)c3)CC2)=NC1. The van der Waals surface area contributed by atoms with Crippen molar-refractivity contribution in [1.29, 1.82) is 0 Å². The van der Waals surface area contributed by atoms with E-state index in [1.165, 1.54) is 4.90 Å². The lowest BCUT2D eigenvalue weighted by molar-refractivity contribution is -0.137. The molecule has 2 saturated heterocycles. The molecule has 3 aliphatic heterocycles. The number of hydrogen-bond acceptors (Lipinski definition) is 8. The van der Waals surface area contributed by atoms with E-state index in [0.29, 0.717) is 45.3 Å². The Morgan fingerprint density at radius 2 is 1.95 bits per heavy atom. The summed E-state index contributed by atoms with van der Waals surface area (Å²) in [6, 6.07) is 2.31. The molecule has 1 aromatic carbocycles. The van der Waals surface area contributed by atoms with Crippen LogP contribution in [0.25, 0.3) is 0 Å². The molecule has 3 N–H and O–H groups in total. The molecule has 204 valence electrons. The summed E-state index contributed by atoms with van der Waals surface area (Å²) in [5.74, 6) is -0.0701. The number of guanidine groups is 1. The normalized spacial score (nSPS) is 18.7. The zero-order chi connectivity index (χ0) is 26.2. The number of hydroxylamine groups is 1. The predicted octanol–water partition coefficient (Wildman–Crippen LogP) is 2.31. The first-order valence-corrected chi connectivity index (χ1v) is 12.9. The van der Waals surface area contributed by atoms with Crippen molar-refractivity contribution in [3.05, 3.63) is 41.1 Å². The van der Waals surface area contributed by atoms with Crippen LogP contribution in [-0.4, -0.2) is 86.5 Å². The second-order valence-electron chi connectivity index (χ2n) is 10.0. The van der Waals surface area contributed by atoms with Crippen LogP contribution in [0.3, 0.4) is 0 Å². The van der Waals surface area contributed by atoms with E-state index in [1.807, 2.05) is 6.20 Å². The van der Waals surface area contributed by atoms with Gasteiger partial charge in [-0.25, -0.2) is 19.3 Å². The number of hydrogen-bond donors (Lipinski definition) is 3. The largest absolute Gasteiger partial charge is 0.493 e. The van der Waals surface area contributed by atoms with E-state index in [1.54, 1.807) is 7.11 Å². The fourth-order valence-electron chi connectivity index (χ4n) is 5.02. The summed E-state index contributed by atoms with van der Waals surface area (Å²) in [4.78, 5) is 20.7. The predicted molar refractivity (Wildman–Crippen MR) is 134 cm³/mol. The zero-order valence-electron chi connectivity index (χ0n) is 21.3. The molecule has 0 unspecified atom stereocenters. The molecule has 11 heteroatoms. The summed E-state index contributed by atoms with van der Waals surface area (Å²) in [7, 11) is 1.68. The lowest BCUT2D eigenvalue weighted by Crippen LogP contribution is -2.53. The average molecular weight is 522 g/mol. The maximum atomic E-state index is 14.5. The van der Waals surface area contributed by atoms with Crippen molar-refractivity contribution in [3.63, 3.8) is 0 Å². The summed E-state index contributed by atoms with van der Waals surface area (Å²) in [6.07, 6.45) is 5.57. The molecular formula is C26H37F2N5O4.